The van der Waals surface area contributed by atoms with Crippen molar-refractivity contribution in [3.05, 3.63) is 35.3 Å². The molecular weight excluding hydrogens is 377 g/mol. The number of carboxylic acid groups (broad SMARTS) is 1. The van der Waals surface area contributed by atoms with Gasteiger partial charge in [-0.1, -0.05) is 24.5 Å². The van der Waals surface area contributed by atoms with Crippen LogP contribution in [0, 0.1) is 17.0 Å². The predicted octanol–water partition coefficient (Wildman–Crippen LogP) is 2.49. The molecule has 0 radical (unpaired) electrons. The highest BCUT2D eigenvalue weighted by atomic mass is 32.2. The minimum Gasteiger partial charge on any atom is -0.476 e. The molecule has 1 aliphatic rings. The molecule has 10 heteroatoms. The summed E-state index contributed by atoms with van der Waals surface area (Å²) in [5, 5.41) is 19.6. The van der Waals surface area contributed by atoms with E-state index in [0.29, 0.717) is 12.8 Å². The summed E-state index contributed by atoms with van der Waals surface area (Å²) >= 11 is 0. The Morgan fingerprint density at radius 1 is 1.30 bits per heavy atom. The van der Waals surface area contributed by atoms with E-state index in [0.717, 1.165) is 25.3 Å². The fourth-order valence-corrected chi connectivity index (χ4v) is 4.17. The SMILES string of the molecule is O=C(O)c1nn[nH]c1Oc1ccc(C#CS(=O)(=O)C2CCCCC2)cc1F. The Morgan fingerprint density at radius 3 is 2.70 bits per heavy atom. The molecule has 0 saturated heterocycles. The highest BCUT2D eigenvalue weighted by molar-refractivity contribution is 7.96. The number of aromatic amines is 1. The molecule has 0 bridgehead atoms. The minimum absolute atomic E-state index is 0.167. The highest BCUT2D eigenvalue weighted by Gasteiger charge is 2.25. The summed E-state index contributed by atoms with van der Waals surface area (Å²) in [6.07, 6.45) is 3.96. The topological polar surface area (TPSA) is 122 Å². The first kappa shape index (κ1) is 18.8. The van der Waals surface area contributed by atoms with Crippen molar-refractivity contribution in [1.29, 1.82) is 0 Å². The fraction of sp³-hybridized carbons (Fsp3) is 0.353. The van der Waals surface area contributed by atoms with Crippen molar-refractivity contribution >= 4 is 15.8 Å². The van der Waals surface area contributed by atoms with Gasteiger partial charge in [0.05, 0.1) is 5.25 Å². The maximum absolute atomic E-state index is 14.2. The lowest BCUT2D eigenvalue weighted by Crippen LogP contribution is -2.22. The average molecular weight is 393 g/mol. The largest absolute Gasteiger partial charge is 0.476 e. The Morgan fingerprint density at radius 2 is 2.04 bits per heavy atom. The van der Waals surface area contributed by atoms with Crippen LogP contribution in [0.1, 0.15) is 48.2 Å². The van der Waals surface area contributed by atoms with Crippen LogP contribution in [-0.2, 0) is 9.84 Å². The number of halogens is 1. The van der Waals surface area contributed by atoms with Crippen LogP contribution in [0.3, 0.4) is 0 Å². The van der Waals surface area contributed by atoms with Gasteiger partial charge in [0.25, 0.3) is 5.88 Å². The minimum atomic E-state index is -3.56. The number of H-pyrrole nitrogens is 1. The van der Waals surface area contributed by atoms with E-state index in [1.54, 1.807) is 0 Å². The lowest BCUT2D eigenvalue weighted by molar-refractivity contribution is 0.0687. The molecule has 3 rings (SSSR count). The maximum Gasteiger partial charge on any atom is 0.362 e. The molecule has 8 nitrogen and oxygen atoms in total. The molecule has 0 aliphatic heterocycles. The van der Waals surface area contributed by atoms with Crippen molar-refractivity contribution in [1.82, 2.24) is 15.4 Å². The molecule has 0 unspecified atom stereocenters. The number of carbonyl (C=O) groups is 1. The van der Waals surface area contributed by atoms with Gasteiger partial charge in [-0.25, -0.2) is 22.7 Å². The Labute approximate surface area is 154 Å². The van der Waals surface area contributed by atoms with Gasteiger partial charge in [-0.15, -0.1) is 5.10 Å². The molecule has 0 atom stereocenters. The Kier molecular flexibility index (Phi) is 5.41. The number of nitrogens with zero attached hydrogens (tertiary/aromatic N) is 2. The molecule has 2 N–H and O–H groups in total. The summed E-state index contributed by atoms with van der Waals surface area (Å²) in [5.74, 6) is -0.325. The van der Waals surface area contributed by atoms with E-state index in [-0.39, 0.29) is 17.2 Å². The number of aromatic nitrogens is 3. The normalized spacial score (nSPS) is 15.0. The standard InChI is InChI=1S/C17H16FN3O5S/c18-13-10-11(8-9-27(24,25)12-4-2-1-3-5-12)6-7-14(13)26-16-15(17(22)23)19-21-20-16/h6-7,10,12H,1-5H2,(H,22,23)(H,19,20,21). The molecule has 1 aliphatic carbocycles. The van der Waals surface area contributed by atoms with Gasteiger partial charge in [0, 0.05) is 10.8 Å². The Balaban J connectivity index is 1.77. The Hall–Kier alpha value is -2.93. The zero-order valence-corrected chi connectivity index (χ0v) is 14.9. The molecular formula is C17H16FN3O5S. The van der Waals surface area contributed by atoms with Crippen molar-refractivity contribution in [3.8, 4) is 22.8 Å². The van der Waals surface area contributed by atoms with Gasteiger partial charge >= 0.3 is 5.97 Å². The third kappa shape index (κ3) is 4.43. The summed E-state index contributed by atoms with van der Waals surface area (Å²) < 4.78 is 43.9. The van der Waals surface area contributed by atoms with Crippen molar-refractivity contribution in [3.63, 3.8) is 0 Å². The highest BCUT2D eigenvalue weighted by Crippen LogP contribution is 2.26. The number of hydrogen-bond acceptors (Lipinski definition) is 6. The lowest BCUT2D eigenvalue weighted by atomic mass is 10.0. The predicted molar refractivity (Wildman–Crippen MR) is 92.5 cm³/mol. The molecule has 0 spiro atoms. The second-order valence-electron chi connectivity index (χ2n) is 6.07. The van der Waals surface area contributed by atoms with Crippen molar-refractivity contribution < 1.29 is 27.4 Å². The van der Waals surface area contributed by atoms with Crippen LogP contribution in [0.25, 0.3) is 0 Å². The molecule has 142 valence electrons. The van der Waals surface area contributed by atoms with E-state index in [1.807, 2.05) is 0 Å². The molecule has 1 aromatic carbocycles. The van der Waals surface area contributed by atoms with Crippen LogP contribution in [0.5, 0.6) is 11.6 Å². The van der Waals surface area contributed by atoms with Crippen molar-refractivity contribution in [2.24, 2.45) is 0 Å². The van der Waals surface area contributed by atoms with Crippen LogP contribution in [0.2, 0.25) is 0 Å². The number of sulfone groups is 1. The van der Waals surface area contributed by atoms with Crippen molar-refractivity contribution in [2.75, 3.05) is 0 Å². The number of carboxylic acids is 1. The first-order chi connectivity index (χ1) is 12.9. The summed E-state index contributed by atoms with van der Waals surface area (Å²) in [4.78, 5) is 11.0. The maximum atomic E-state index is 14.2. The van der Waals surface area contributed by atoms with Crippen LogP contribution >= 0.6 is 0 Å². The second-order valence-corrected chi connectivity index (χ2v) is 8.03. The van der Waals surface area contributed by atoms with Gasteiger partial charge in [-0.3, -0.25) is 0 Å². The number of hydrogen-bond donors (Lipinski definition) is 2. The summed E-state index contributed by atoms with van der Waals surface area (Å²) in [6.45, 7) is 0. The lowest BCUT2D eigenvalue weighted by Gasteiger charge is -2.18. The van der Waals surface area contributed by atoms with Gasteiger partial charge in [-0.2, -0.15) is 0 Å². The van der Waals surface area contributed by atoms with E-state index < -0.39 is 32.6 Å². The molecule has 1 saturated carbocycles. The second kappa shape index (κ2) is 7.75. The third-order valence-corrected chi connectivity index (χ3v) is 5.93. The van der Waals surface area contributed by atoms with E-state index in [1.165, 1.54) is 12.1 Å². The van der Waals surface area contributed by atoms with Gasteiger partial charge in [0.1, 0.15) is 0 Å². The summed E-state index contributed by atoms with van der Waals surface area (Å²) in [5.41, 5.74) is -0.322. The molecule has 1 fully saturated rings. The Bertz CT molecular complexity index is 1020. The first-order valence-electron chi connectivity index (χ1n) is 8.25. The number of nitrogens with one attached hydrogen (secondary N) is 1. The van der Waals surface area contributed by atoms with Crippen molar-refractivity contribution in [2.45, 2.75) is 37.4 Å². The first-order valence-corrected chi connectivity index (χ1v) is 9.80. The smallest absolute Gasteiger partial charge is 0.362 e. The van der Waals surface area contributed by atoms with E-state index in [2.05, 4.69) is 26.6 Å². The average Bonchev–Trinajstić information content (AvgIpc) is 3.11. The van der Waals surface area contributed by atoms with Crippen LogP contribution in [0.15, 0.2) is 18.2 Å². The summed E-state index contributed by atoms with van der Waals surface area (Å²) in [7, 11) is -3.56. The zero-order chi connectivity index (χ0) is 19.4. The van der Waals surface area contributed by atoms with Crippen LogP contribution in [-0.4, -0.2) is 40.2 Å². The fourth-order valence-electron chi connectivity index (χ4n) is 2.79. The van der Waals surface area contributed by atoms with Gasteiger partial charge in [-0.05, 0) is 37.0 Å². The van der Waals surface area contributed by atoms with Gasteiger partial charge < -0.3 is 9.84 Å². The number of rotatable bonds is 4. The summed E-state index contributed by atoms with van der Waals surface area (Å²) in [6, 6.07) is 3.62. The van der Waals surface area contributed by atoms with E-state index >= 15 is 0 Å². The van der Waals surface area contributed by atoms with Gasteiger partial charge in [0.15, 0.2) is 11.6 Å². The zero-order valence-electron chi connectivity index (χ0n) is 14.1. The number of ether oxygens (including phenoxy) is 1. The molecule has 1 heterocycles. The molecule has 0 amide bonds. The monoisotopic (exact) mass is 393 g/mol. The molecule has 1 aromatic heterocycles. The van der Waals surface area contributed by atoms with Crippen LogP contribution < -0.4 is 4.74 Å². The third-order valence-electron chi connectivity index (χ3n) is 4.19. The number of benzene rings is 1. The van der Waals surface area contributed by atoms with Gasteiger partial charge in [0.2, 0.25) is 15.5 Å². The molecule has 2 aromatic rings. The van der Waals surface area contributed by atoms with Crippen LogP contribution in [0.4, 0.5) is 4.39 Å². The quantitative estimate of drug-likeness (QED) is 0.765. The molecule has 27 heavy (non-hydrogen) atoms. The number of aromatic carboxylic acids is 1. The van der Waals surface area contributed by atoms with E-state index in [9.17, 15) is 17.6 Å². The van der Waals surface area contributed by atoms with E-state index in [4.69, 9.17) is 9.84 Å².